The molecule has 2 aliphatic heterocycles. The van der Waals surface area contributed by atoms with Gasteiger partial charge in [-0.25, -0.2) is 31.9 Å². The van der Waals surface area contributed by atoms with E-state index in [1.54, 1.807) is 139 Å². The van der Waals surface area contributed by atoms with Crippen LogP contribution >= 0.6 is 28.3 Å². The number of rotatable bonds is 12. The minimum Gasteiger partial charge on any atom is -0.478 e. The molecule has 0 saturated carbocycles. The second-order valence-electron chi connectivity index (χ2n) is 26.4. The number of aliphatic carboxylic acids is 1. The second kappa shape index (κ2) is 43.5. The van der Waals surface area contributed by atoms with Crippen molar-refractivity contribution in [3.8, 4) is 57.4 Å². The molecule has 2 saturated heterocycles. The van der Waals surface area contributed by atoms with E-state index in [1.165, 1.54) is 56.2 Å². The fraction of sp³-hybridized carbons (Fsp3) is 0.262. The van der Waals surface area contributed by atoms with E-state index in [0.717, 1.165) is 65.6 Å². The average Bonchev–Trinajstić information content (AvgIpc) is 1.78. The number of nitrogens with one attached hydrogen (secondary N) is 3. The van der Waals surface area contributed by atoms with Gasteiger partial charge in [0.25, 0.3) is 11.8 Å². The Morgan fingerprint density at radius 3 is 1.15 bits per heavy atom. The van der Waals surface area contributed by atoms with E-state index in [9.17, 15) is 89.4 Å². The number of ether oxygens (including phenoxy) is 2. The molecule has 2 aliphatic rings. The summed E-state index contributed by atoms with van der Waals surface area (Å²) < 4.78 is 216. The van der Waals surface area contributed by atoms with E-state index in [-0.39, 0.29) is 37.7 Å². The molecular formula is C84H83BrClF16N7O7. The number of amides is 1. The van der Waals surface area contributed by atoms with Crippen LogP contribution in [0.4, 0.5) is 70.2 Å². The number of aromatic amines is 2. The highest BCUT2D eigenvalue weighted by molar-refractivity contribution is 9.10. The molecule has 0 atom stereocenters. The van der Waals surface area contributed by atoms with Crippen LogP contribution in [0.2, 0.25) is 0 Å². The normalized spacial score (nSPS) is 13.2. The van der Waals surface area contributed by atoms with E-state index >= 15 is 0 Å². The summed E-state index contributed by atoms with van der Waals surface area (Å²) in [5, 5.41) is 11.1. The standard InChI is InChI=1S/C18H15F5N2O.C18H18F3NO2.C15H12F3NO2.C12H13N.C8H6BrF3.C6H8O2.C4H5N.C3H5F2N.ClH/c1-12-7-13(9-14(8-12)18(21,22)23)15-3-2-5-24(15)6-4-16(26)25-10-17(19,20)11-25;1-12(2)24-17(23)6-8-22-7-4-5-16(22)14-9-13(3)10-15(11-14)18(19,20)21;1-10-7-11(9-12(8-10)15(16,17)18)13-3-2-5-19(13)6-4-14(20)21;1-9-6-10(2)8-11(7-9)12-4-3-5-13-12;1-5-2-6(8(10,11)12)4-7(9)3-5;1-4-6(7)8-5(2)3;1-2-4-5-3-1;4-3(5)1-6-2-3;/h2-9H,10-11H2,1H3;4-12H,1-3H3;2-9H,1H3,(H,20,21);3-8,13H,1-2H3;2-4H,1H3;1,5H,2-3H3;1-5H;6H,1-2H2;1H/b6-4-;8-6-;6-4-;;;;;;. The van der Waals surface area contributed by atoms with Gasteiger partial charge >= 0.3 is 42.6 Å². The third-order valence-electron chi connectivity index (χ3n) is 15.3. The van der Waals surface area contributed by atoms with Crippen molar-refractivity contribution in [2.75, 3.05) is 26.2 Å². The summed E-state index contributed by atoms with van der Waals surface area (Å²) in [4.78, 5) is 51.2. The van der Waals surface area contributed by atoms with Crippen molar-refractivity contribution in [3.05, 3.63) is 267 Å². The van der Waals surface area contributed by atoms with Crippen LogP contribution < -0.4 is 5.32 Å². The van der Waals surface area contributed by atoms with Gasteiger partial charge in [0.2, 0.25) is 5.91 Å². The van der Waals surface area contributed by atoms with Crippen molar-refractivity contribution in [1.29, 1.82) is 0 Å². The Labute approximate surface area is 674 Å². The Balaban J connectivity index is 0.000000293. The van der Waals surface area contributed by atoms with E-state index in [4.69, 9.17) is 16.3 Å². The van der Waals surface area contributed by atoms with E-state index in [1.807, 2.05) is 42.7 Å². The molecule has 2 fully saturated rings. The maximum absolute atomic E-state index is 13.0. The summed E-state index contributed by atoms with van der Waals surface area (Å²) in [6.07, 6.45) is 4.68. The number of hydrogen-bond donors (Lipinski definition) is 4. The van der Waals surface area contributed by atoms with Crippen LogP contribution in [0.5, 0.6) is 0 Å². The summed E-state index contributed by atoms with van der Waals surface area (Å²) in [6, 6.07) is 39.6. The van der Waals surface area contributed by atoms with E-state index < -0.39 is 95.7 Å². The van der Waals surface area contributed by atoms with Crippen molar-refractivity contribution in [2.24, 2.45) is 0 Å². The molecule has 14 nitrogen and oxygen atoms in total. The minimum atomic E-state index is -4.47. The zero-order valence-electron chi connectivity index (χ0n) is 63.9. The number of nitrogens with zero attached hydrogens (tertiary/aromatic N) is 4. The molecule has 116 heavy (non-hydrogen) atoms. The predicted molar refractivity (Wildman–Crippen MR) is 421 cm³/mol. The van der Waals surface area contributed by atoms with Gasteiger partial charge < -0.3 is 48.5 Å². The Morgan fingerprint density at radius 2 is 0.845 bits per heavy atom. The lowest BCUT2D eigenvalue weighted by molar-refractivity contribution is -0.160. The maximum atomic E-state index is 13.0. The van der Waals surface area contributed by atoms with Gasteiger partial charge in [-0.15, -0.1) is 18.8 Å². The molecule has 7 heterocycles. The molecule has 12 rings (SSSR count). The zero-order chi connectivity index (χ0) is 86.0. The summed E-state index contributed by atoms with van der Waals surface area (Å²) >= 11 is 3.01. The second-order valence-corrected chi connectivity index (χ2v) is 27.3. The lowest BCUT2D eigenvalue weighted by Crippen LogP contribution is -2.58. The number of aryl methyl sites for hydroxylation is 6. The number of aromatic nitrogens is 5. The number of carboxylic acid groups (broad SMARTS) is 1. The summed E-state index contributed by atoms with van der Waals surface area (Å²) in [7, 11) is 0. The molecule has 4 N–H and O–H groups in total. The molecular weight excluding hydrogens is 1640 g/mol. The van der Waals surface area contributed by atoms with Gasteiger partial charge in [-0.05, 0) is 259 Å². The number of H-pyrrole nitrogens is 2. The van der Waals surface area contributed by atoms with Crippen LogP contribution in [0.25, 0.3) is 63.6 Å². The first-order valence-electron chi connectivity index (χ1n) is 34.6. The number of carbonyl (C=O) groups is 4. The van der Waals surface area contributed by atoms with Crippen molar-refractivity contribution in [3.63, 3.8) is 0 Å². The van der Waals surface area contributed by atoms with Gasteiger partial charge in [0.15, 0.2) is 0 Å². The Kier molecular flexibility index (Phi) is 36.4. The number of carboxylic acids is 1. The van der Waals surface area contributed by atoms with Crippen LogP contribution in [0.15, 0.2) is 212 Å². The van der Waals surface area contributed by atoms with Gasteiger partial charge in [-0.1, -0.05) is 33.1 Å². The minimum absolute atomic E-state index is 0. The highest BCUT2D eigenvalue weighted by Gasteiger charge is 2.45. The van der Waals surface area contributed by atoms with Crippen molar-refractivity contribution in [2.45, 2.75) is 118 Å². The van der Waals surface area contributed by atoms with Gasteiger partial charge in [-0.2, -0.15) is 52.7 Å². The fourth-order valence-corrected chi connectivity index (χ4v) is 11.1. The third kappa shape index (κ3) is 33.7. The molecule has 5 aromatic carbocycles. The maximum Gasteiger partial charge on any atom is 0.416 e. The van der Waals surface area contributed by atoms with Crippen LogP contribution in [-0.4, -0.2) is 108 Å². The topological polar surface area (TPSA) is 169 Å². The molecule has 1 amide bonds. The number of halogens is 18. The SMILES string of the molecule is C#CC(=O)OC(C)C.Cc1cc(-c2cccn2/C=C\C(=O)N2CC(F)(F)C2)cc(C(F)(F)F)c1.Cc1cc(-c2cccn2/C=C\C(=O)O)cc(C(F)(F)F)c1.Cc1cc(-c2cccn2/C=C\C(=O)OC(C)C)cc(C(F)(F)F)c1.Cc1cc(Br)cc(C(F)(F)F)c1.Cc1cc(C)cc(-c2ccc[nH]2)c1.Cl.FC1(F)CNC1.c1cc[nH]c1. The molecule has 0 unspecified atom stereocenters. The number of likely N-dealkylation sites (tertiary alicyclic amines) is 1. The molecule has 0 aliphatic carbocycles. The first-order chi connectivity index (χ1) is 53.5. The number of benzene rings is 5. The number of hydrogen-bond acceptors (Lipinski definition) is 7. The number of terminal acetylenes is 1. The van der Waals surface area contributed by atoms with E-state index in [2.05, 4.69) is 74.1 Å². The van der Waals surface area contributed by atoms with Crippen LogP contribution in [-0.2, 0) is 53.4 Å². The first-order valence-corrected chi connectivity index (χ1v) is 35.4. The van der Waals surface area contributed by atoms with Gasteiger partial charge in [0, 0.05) is 90.1 Å². The van der Waals surface area contributed by atoms with Crippen LogP contribution in [0.3, 0.4) is 0 Å². The lowest BCUT2D eigenvalue weighted by Gasteiger charge is -2.37. The van der Waals surface area contributed by atoms with Gasteiger partial charge in [-0.3, -0.25) is 4.79 Å². The molecule has 0 bridgehead atoms. The zero-order valence-corrected chi connectivity index (χ0v) is 66.3. The van der Waals surface area contributed by atoms with Crippen molar-refractivity contribution < 1.29 is 104 Å². The highest BCUT2D eigenvalue weighted by Crippen LogP contribution is 2.38. The number of alkyl halides is 16. The summed E-state index contributed by atoms with van der Waals surface area (Å²) in [5.74, 6) is -6.21. The fourth-order valence-electron chi connectivity index (χ4n) is 10.4. The largest absolute Gasteiger partial charge is 0.478 e. The summed E-state index contributed by atoms with van der Waals surface area (Å²) in [5.41, 5.74) is 6.94. The molecule has 0 spiro atoms. The Bertz CT molecular complexity index is 4900. The molecule has 32 heteroatoms. The monoisotopic (exact) mass is 1720 g/mol. The predicted octanol–water partition coefficient (Wildman–Crippen LogP) is 22.7. The first kappa shape index (κ1) is 97.1. The summed E-state index contributed by atoms with van der Waals surface area (Å²) in [6.45, 7) is 16.1. The molecule has 0 radical (unpaired) electrons. The van der Waals surface area contributed by atoms with Crippen LogP contribution in [0, 0.1) is 53.9 Å². The number of esters is 2. The Morgan fingerprint density at radius 1 is 0.483 bits per heavy atom. The van der Waals surface area contributed by atoms with Crippen LogP contribution in [0.1, 0.15) is 83.3 Å². The van der Waals surface area contributed by atoms with E-state index in [0.29, 0.717) is 60.5 Å². The van der Waals surface area contributed by atoms with Crippen molar-refractivity contribution >= 4 is 70.8 Å². The van der Waals surface area contributed by atoms with Gasteiger partial charge in [0.1, 0.15) is 0 Å². The molecule has 10 aromatic rings. The van der Waals surface area contributed by atoms with Gasteiger partial charge in [0.05, 0.1) is 77.7 Å². The smallest absolute Gasteiger partial charge is 0.416 e. The quantitative estimate of drug-likeness (QED) is 0.0308. The van der Waals surface area contributed by atoms with Crippen molar-refractivity contribution in [1.82, 2.24) is 33.9 Å². The highest BCUT2D eigenvalue weighted by atomic mass is 79.9. The molecule has 622 valence electrons. The Hall–Kier alpha value is -11.2. The lowest BCUT2D eigenvalue weighted by atomic mass is 10.0. The average molecular weight is 1720 g/mol. The number of carbonyl (C=O) groups excluding carboxylic acids is 3. The third-order valence-corrected chi connectivity index (χ3v) is 15.8. The molecule has 5 aromatic heterocycles.